The highest BCUT2D eigenvalue weighted by Crippen LogP contribution is 2.18. The Bertz CT molecular complexity index is 616. The smallest absolute Gasteiger partial charge is 0.255 e. The minimum absolute atomic E-state index is 0.139. The molecule has 1 aromatic carbocycles. The van der Waals surface area contributed by atoms with Gasteiger partial charge in [-0.2, -0.15) is 0 Å². The zero-order valence-corrected chi connectivity index (χ0v) is 12.1. The second kappa shape index (κ2) is 6.39. The first-order valence-corrected chi connectivity index (χ1v) is 6.47. The van der Waals surface area contributed by atoms with Crippen LogP contribution in [0.25, 0.3) is 0 Å². The van der Waals surface area contributed by atoms with Gasteiger partial charge in [0.25, 0.3) is 5.91 Å². The Balaban J connectivity index is 2.13. The highest BCUT2D eigenvalue weighted by molar-refractivity contribution is 6.33. The van der Waals surface area contributed by atoms with Gasteiger partial charge < -0.3 is 9.64 Å². The van der Waals surface area contributed by atoms with E-state index in [-0.39, 0.29) is 5.91 Å². The van der Waals surface area contributed by atoms with Crippen LogP contribution in [0.5, 0.6) is 5.75 Å². The summed E-state index contributed by atoms with van der Waals surface area (Å²) in [6, 6.07) is 9.22. The number of aromatic nitrogens is 1. The quantitative estimate of drug-likeness (QED) is 0.869. The average Bonchev–Trinajstić information content (AvgIpc) is 2.47. The largest absolute Gasteiger partial charge is 0.497 e. The van der Waals surface area contributed by atoms with Crippen molar-refractivity contribution in [3.8, 4) is 5.75 Å². The van der Waals surface area contributed by atoms with Crippen LogP contribution < -0.4 is 4.74 Å². The lowest BCUT2D eigenvalue weighted by Crippen LogP contribution is -2.26. The molecule has 1 aromatic heterocycles. The van der Waals surface area contributed by atoms with Crippen LogP contribution in [0.15, 0.2) is 42.7 Å². The Morgan fingerprint density at radius 2 is 2.20 bits per heavy atom. The van der Waals surface area contributed by atoms with Crippen LogP contribution in [-0.4, -0.2) is 29.9 Å². The van der Waals surface area contributed by atoms with Gasteiger partial charge in [0, 0.05) is 26.0 Å². The van der Waals surface area contributed by atoms with Crippen molar-refractivity contribution in [3.63, 3.8) is 0 Å². The highest BCUT2D eigenvalue weighted by Gasteiger charge is 2.15. The number of methoxy groups -OCH3 is 1. The molecule has 0 atom stereocenters. The molecule has 0 aliphatic carbocycles. The van der Waals surface area contributed by atoms with Crippen molar-refractivity contribution in [2.75, 3.05) is 14.2 Å². The predicted molar refractivity (Wildman–Crippen MR) is 78.0 cm³/mol. The molecule has 0 aliphatic heterocycles. The first-order valence-electron chi connectivity index (χ1n) is 6.09. The molecule has 1 heterocycles. The van der Waals surface area contributed by atoms with Crippen molar-refractivity contribution in [1.82, 2.24) is 9.88 Å². The van der Waals surface area contributed by atoms with E-state index in [1.54, 1.807) is 31.3 Å². The minimum Gasteiger partial charge on any atom is -0.497 e. The molecule has 0 fully saturated rings. The number of benzene rings is 1. The molecule has 0 N–H and O–H groups in total. The summed E-state index contributed by atoms with van der Waals surface area (Å²) in [6.07, 6.45) is 3.02. The van der Waals surface area contributed by atoms with Gasteiger partial charge in [0.15, 0.2) is 0 Å². The Morgan fingerprint density at radius 3 is 2.90 bits per heavy atom. The van der Waals surface area contributed by atoms with Crippen LogP contribution in [0.1, 0.15) is 15.9 Å². The molecule has 0 saturated carbocycles. The zero-order valence-electron chi connectivity index (χ0n) is 11.3. The molecule has 0 spiro atoms. The first kappa shape index (κ1) is 14.3. The lowest BCUT2D eigenvalue weighted by Gasteiger charge is -2.18. The van der Waals surface area contributed by atoms with E-state index in [4.69, 9.17) is 16.3 Å². The van der Waals surface area contributed by atoms with Crippen LogP contribution in [0.4, 0.5) is 0 Å². The molecule has 4 nitrogen and oxygen atoms in total. The van der Waals surface area contributed by atoms with E-state index in [9.17, 15) is 4.79 Å². The van der Waals surface area contributed by atoms with Crippen LogP contribution in [0.3, 0.4) is 0 Å². The Labute approximate surface area is 123 Å². The van der Waals surface area contributed by atoms with Crippen molar-refractivity contribution in [1.29, 1.82) is 0 Å². The fourth-order valence-electron chi connectivity index (χ4n) is 1.87. The lowest BCUT2D eigenvalue weighted by atomic mass is 10.2. The molecule has 5 heteroatoms. The molecular formula is C15H15ClN2O2. The van der Waals surface area contributed by atoms with E-state index in [1.165, 1.54) is 6.20 Å². The van der Waals surface area contributed by atoms with Gasteiger partial charge in [-0.3, -0.25) is 9.78 Å². The SMILES string of the molecule is COc1cccc(CN(C)C(=O)c2ccncc2Cl)c1. The maximum Gasteiger partial charge on any atom is 0.255 e. The molecule has 2 aromatic rings. The van der Waals surface area contributed by atoms with Crippen LogP contribution >= 0.6 is 11.6 Å². The van der Waals surface area contributed by atoms with E-state index in [0.717, 1.165) is 11.3 Å². The second-order valence-corrected chi connectivity index (χ2v) is 4.78. The average molecular weight is 291 g/mol. The van der Waals surface area contributed by atoms with Crippen molar-refractivity contribution in [2.24, 2.45) is 0 Å². The summed E-state index contributed by atoms with van der Waals surface area (Å²) in [5, 5.41) is 0.356. The standard InChI is InChI=1S/C15H15ClN2O2/c1-18(10-11-4-3-5-12(8-11)20-2)15(19)13-6-7-17-9-14(13)16/h3-9H,10H2,1-2H3. The van der Waals surface area contributed by atoms with Crippen LogP contribution in [0, 0.1) is 0 Å². The highest BCUT2D eigenvalue weighted by atomic mass is 35.5. The van der Waals surface area contributed by atoms with Gasteiger partial charge in [0.1, 0.15) is 5.75 Å². The molecule has 20 heavy (non-hydrogen) atoms. The second-order valence-electron chi connectivity index (χ2n) is 4.37. The van der Waals surface area contributed by atoms with Gasteiger partial charge in [-0.05, 0) is 23.8 Å². The summed E-state index contributed by atoms with van der Waals surface area (Å²) in [5.41, 5.74) is 1.44. The monoisotopic (exact) mass is 290 g/mol. The van der Waals surface area contributed by atoms with E-state index >= 15 is 0 Å². The van der Waals surface area contributed by atoms with Crippen molar-refractivity contribution in [2.45, 2.75) is 6.54 Å². The van der Waals surface area contributed by atoms with Gasteiger partial charge in [0.2, 0.25) is 0 Å². The normalized spacial score (nSPS) is 10.2. The molecular weight excluding hydrogens is 276 g/mol. The number of hydrogen-bond donors (Lipinski definition) is 0. The molecule has 104 valence electrons. The third-order valence-corrected chi connectivity index (χ3v) is 3.20. The van der Waals surface area contributed by atoms with E-state index in [0.29, 0.717) is 17.1 Å². The maximum atomic E-state index is 12.3. The molecule has 1 amide bonds. The summed E-state index contributed by atoms with van der Waals surface area (Å²) in [7, 11) is 3.35. The van der Waals surface area contributed by atoms with E-state index in [2.05, 4.69) is 4.98 Å². The van der Waals surface area contributed by atoms with Gasteiger partial charge in [-0.15, -0.1) is 0 Å². The summed E-state index contributed by atoms with van der Waals surface area (Å²) >= 11 is 5.98. The van der Waals surface area contributed by atoms with Gasteiger partial charge in [-0.25, -0.2) is 0 Å². The Kier molecular flexibility index (Phi) is 4.58. The topological polar surface area (TPSA) is 42.4 Å². The number of hydrogen-bond acceptors (Lipinski definition) is 3. The molecule has 0 aliphatic rings. The fourth-order valence-corrected chi connectivity index (χ4v) is 2.07. The predicted octanol–water partition coefficient (Wildman–Crippen LogP) is 3.02. The number of pyridine rings is 1. The third-order valence-electron chi connectivity index (χ3n) is 2.90. The van der Waals surface area contributed by atoms with Crippen LogP contribution in [0.2, 0.25) is 5.02 Å². The minimum atomic E-state index is -0.139. The number of amides is 1. The lowest BCUT2D eigenvalue weighted by molar-refractivity contribution is 0.0785. The number of carbonyl (C=O) groups is 1. The number of carbonyl (C=O) groups excluding carboxylic acids is 1. The van der Waals surface area contributed by atoms with E-state index < -0.39 is 0 Å². The number of halogens is 1. The molecule has 0 saturated heterocycles. The van der Waals surface area contributed by atoms with Gasteiger partial charge in [-0.1, -0.05) is 23.7 Å². The van der Waals surface area contributed by atoms with E-state index in [1.807, 2.05) is 24.3 Å². The number of nitrogens with zero attached hydrogens (tertiary/aromatic N) is 2. The number of rotatable bonds is 4. The fraction of sp³-hybridized carbons (Fsp3) is 0.200. The number of ether oxygens (including phenoxy) is 1. The van der Waals surface area contributed by atoms with Crippen molar-refractivity contribution < 1.29 is 9.53 Å². The van der Waals surface area contributed by atoms with Crippen molar-refractivity contribution >= 4 is 17.5 Å². The summed E-state index contributed by atoms with van der Waals surface area (Å²) in [6.45, 7) is 0.481. The molecule has 0 unspecified atom stereocenters. The maximum absolute atomic E-state index is 12.3. The Hall–Kier alpha value is -2.07. The van der Waals surface area contributed by atoms with Crippen LogP contribution in [-0.2, 0) is 6.54 Å². The molecule has 2 rings (SSSR count). The summed E-state index contributed by atoms with van der Waals surface area (Å²) in [5.74, 6) is 0.630. The van der Waals surface area contributed by atoms with Gasteiger partial charge >= 0.3 is 0 Å². The summed E-state index contributed by atoms with van der Waals surface area (Å²) in [4.78, 5) is 17.8. The summed E-state index contributed by atoms with van der Waals surface area (Å²) < 4.78 is 5.17. The molecule has 0 radical (unpaired) electrons. The molecule has 0 bridgehead atoms. The van der Waals surface area contributed by atoms with Crippen molar-refractivity contribution in [3.05, 3.63) is 58.9 Å². The first-order chi connectivity index (χ1) is 9.61. The zero-order chi connectivity index (χ0) is 14.5. The van der Waals surface area contributed by atoms with Gasteiger partial charge in [0.05, 0.1) is 17.7 Å². The third kappa shape index (κ3) is 3.27. The Morgan fingerprint density at radius 1 is 1.40 bits per heavy atom.